The van der Waals surface area contributed by atoms with Gasteiger partial charge in [0.05, 0.1) is 22.4 Å². The molecule has 0 amide bonds. The molecule has 0 saturated carbocycles. The SMILES string of the molecule is CC1CC(CN)(Nc2ccccc2Cl)CCO1. The number of nitrogens with one attached hydrogen (secondary N) is 1. The molecule has 2 unspecified atom stereocenters. The Balaban J connectivity index is 2.17. The number of benzene rings is 1. The highest BCUT2D eigenvalue weighted by molar-refractivity contribution is 6.33. The second-order valence-electron chi connectivity index (χ2n) is 4.72. The molecule has 1 heterocycles. The maximum absolute atomic E-state index is 6.16. The van der Waals surface area contributed by atoms with E-state index in [-0.39, 0.29) is 11.6 Å². The molecule has 1 fully saturated rings. The van der Waals surface area contributed by atoms with Gasteiger partial charge in [0, 0.05) is 13.2 Å². The third kappa shape index (κ3) is 2.92. The summed E-state index contributed by atoms with van der Waals surface area (Å²) < 4.78 is 5.57. The molecule has 3 nitrogen and oxygen atoms in total. The lowest BCUT2D eigenvalue weighted by molar-refractivity contribution is 0.000266. The lowest BCUT2D eigenvalue weighted by Gasteiger charge is -2.40. The average molecular weight is 255 g/mol. The zero-order chi connectivity index (χ0) is 12.3. The quantitative estimate of drug-likeness (QED) is 0.872. The molecular weight excluding hydrogens is 236 g/mol. The van der Waals surface area contributed by atoms with Gasteiger partial charge in [0.25, 0.3) is 0 Å². The first kappa shape index (κ1) is 12.7. The van der Waals surface area contributed by atoms with Crippen molar-refractivity contribution in [2.45, 2.75) is 31.4 Å². The van der Waals surface area contributed by atoms with Crippen LogP contribution in [0.25, 0.3) is 0 Å². The van der Waals surface area contributed by atoms with Gasteiger partial charge in [-0.25, -0.2) is 0 Å². The van der Waals surface area contributed by atoms with Crippen molar-refractivity contribution in [1.29, 1.82) is 0 Å². The first-order valence-electron chi connectivity index (χ1n) is 6.00. The molecule has 94 valence electrons. The monoisotopic (exact) mass is 254 g/mol. The lowest BCUT2D eigenvalue weighted by atomic mass is 9.86. The van der Waals surface area contributed by atoms with Gasteiger partial charge in [0.2, 0.25) is 0 Å². The molecular formula is C13H19ClN2O. The number of para-hydroxylation sites is 1. The maximum Gasteiger partial charge on any atom is 0.0637 e. The van der Waals surface area contributed by atoms with Crippen molar-refractivity contribution in [3.8, 4) is 0 Å². The summed E-state index contributed by atoms with van der Waals surface area (Å²) in [6.45, 7) is 3.42. The molecule has 1 aromatic carbocycles. The number of anilines is 1. The molecule has 3 N–H and O–H groups in total. The van der Waals surface area contributed by atoms with Gasteiger partial charge in [0.15, 0.2) is 0 Å². The van der Waals surface area contributed by atoms with Crippen LogP contribution in [0.1, 0.15) is 19.8 Å². The van der Waals surface area contributed by atoms with Gasteiger partial charge < -0.3 is 15.8 Å². The Hall–Kier alpha value is -0.770. The van der Waals surface area contributed by atoms with Gasteiger partial charge in [-0.3, -0.25) is 0 Å². The van der Waals surface area contributed by atoms with Crippen LogP contribution < -0.4 is 11.1 Å². The van der Waals surface area contributed by atoms with Crippen LogP contribution in [0.3, 0.4) is 0 Å². The fraction of sp³-hybridized carbons (Fsp3) is 0.538. The molecule has 17 heavy (non-hydrogen) atoms. The summed E-state index contributed by atoms with van der Waals surface area (Å²) in [4.78, 5) is 0. The first-order valence-corrected chi connectivity index (χ1v) is 6.37. The van der Waals surface area contributed by atoms with Gasteiger partial charge in [0.1, 0.15) is 0 Å². The molecule has 1 aliphatic heterocycles. The second-order valence-corrected chi connectivity index (χ2v) is 5.13. The molecule has 0 aromatic heterocycles. The third-order valence-electron chi connectivity index (χ3n) is 3.33. The number of ether oxygens (including phenoxy) is 1. The molecule has 0 radical (unpaired) electrons. The number of hydrogen-bond donors (Lipinski definition) is 2. The van der Waals surface area contributed by atoms with Crippen molar-refractivity contribution in [1.82, 2.24) is 0 Å². The average Bonchev–Trinajstić information content (AvgIpc) is 2.32. The summed E-state index contributed by atoms with van der Waals surface area (Å²) >= 11 is 6.16. The Morgan fingerprint density at radius 1 is 1.53 bits per heavy atom. The van der Waals surface area contributed by atoms with E-state index in [2.05, 4.69) is 12.2 Å². The summed E-state index contributed by atoms with van der Waals surface area (Å²) in [5.74, 6) is 0. The summed E-state index contributed by atoms with van der Waals surface area (Å²) in [5.41, 5.74) is 6.80. The van der Waals surface area contributed by atoms with Crippen LogP contribution in [-0.4, -0.2) is 24.8 Å². The Morgan fingerprint density at radius 3 is 2.94 bits per heavy atom. The zero-order valence-electron chi connectivity index (χ0n) is 10.1. The van der Waals surface area contributed by atoms with Crippen LogP contribution in [0.15, 0.2) is 24.3 Å². The minimum atomic E-state index is -0.0946. The highest BCUT2D eigenvalue weighted by Gasteiger charge is 2.34. The van der Waals surface area contributed by atoms with E-state index in [1.807, 2.05) is 24.3 Å². The summed E-state index contributed by atoms with van der Waals surface area (Å²) in [6, 6.07) is 7.77. The maximum atomic E-state index is 6.16. The minimum absolute atomic E-state index is 0.0946. The van der Waals surface area contributed by atoms with Crippen LogP contribution in [0.5, 0.6) is 0 Å². The van der Waals surface area contributed by atoms with Crippen molar-refractivity contribution in [3.05, 3.63) is 29.3 Å². The summed E-state index contributed by atoms with van der Waals surface area (Å²) in [7, 11) is 0. The highest BCUT2D eigenvalue weighted by Crippen LogP contribution is 2.31. The Kier molecular flexibility index (Phi) is 3.92. The Labute approximate surface area is 107 Å². The largest absolute Gasteiger partial charge is 0.378 e. The number of nitrogens with two attached hydrogens (primary N) is 1. The molecule has 1 aliphatic rings. The zero-order valence-corrected chi connectivity index (χ0v) is 10.8. The summed E-state index contributed by atoms with van der Waals surface area (Å²) in [6.07, 6.45) is 2.07. The standard InChI is InChI=1S/C13H19ClN2O/c1-10-8-13(9-15,6-7-17-10)16-12-5-3-2-4-11(12)14/h2-5,10,16H,6-9,15H2,1H3. The Bertz CT molecular complexity index is 385. The van der Waals surface area contributed by atoms with Crippen LogP contribution in [0, 0.1) is 0 Å². The predicted octanol–water partition coefficient (Wildman–Crippen LogP) is 2.65. The molecule has 0 aliphatic carbocycles. The molecule has 2 rings (SSSR count). The van der Waals surface area contributed by atoms with Crippen LogP contribution in [-0.2, 0) is 4.74 Å². The van der Waals surface area contributed by atoms with E-state index in [4.69, 9.17) is 22.1 Å². The second kappa shape index (κ2) is 5.25. The van der Waals surface area contributed by atoms with Gasteiger partial charge in [-0.05, 0) is 31.9 Å². The van der Waals surface area contributed by atoms with Crippen molar-refractivity contribution >= 4 is 17.3 Å². The lowest BCUT2D eigenvalue weighted by Crippen LogP contribution is -2.51. The number of halogens is 1. The third-order valence-corrected chi connectivity index (χ3v) is 3.66. The normalized spacial score (nSPS) is 29.0. The molecule has 2 atom stereocenters. The van der Waals surface area contributed by atoms with E-state index >= 15 is 0 Å². The molecule has 4 heteroatoms. The fourth-order valence-electron chi connectivity index (χ4n) is 2.36. The van der Waals surface area contributed by atoms with Crippen LogP contribution in [0.4, 0.5) is 5.69 Å². The fourth-order valence-corrected chi connectivity index (χ4v) is 2.55. The van der Waals surface area contributed by atoms with E-state index in [1.165, 1.54) is 0 Å². The van der Waals surface area contributed by atoms with Crippen molar-refractivity contribution in [2.24, 2.45) is 5.73 Å². The van der Waals surface area contributed by atoms with Crippen molar-refractivity contribution < 1.29 is 4.74 Å². The number of hydrogen-bond acceptors (Lipinski definition) is 3. The van der Waals surface area contributed by atoms with E-state index in [0.717, 1.165) is 30.2 Å². The van der Waals surface area contributed by atoms with Crippen LogP contribution in [0.2, 0.25) is 5.02 Å². The smallest absolute Gasteiger partial charge is 0.0637 e. The van der Waals surface area contributed by atoms with Crippen molar-refractivity contribution in [2.75, 3.05) is 18.5 Å². The van der Waals surface area contributed by atoms with E-state index in [9.17, 15) is 0 Å². The van der Waals surface area contributed by atoms with Crippen LogP contribution >= 0.6 is 11.6 Å². The van der Waals surface area contributed by atoms with Crippen molar-refractivity contribution in [3.63, 3.8) is 0 Å². The van der Waals surface area contributed by atoms with E-state index < -0.39 is 0 Å². The molecule has 1 aromatic rings. The Morgan fingerprint density at radius 2 is 2.29 bits per heavy atom. The van der Waals surface area contributed by atoms with Gasteiger partial charge >= 0.3 is 0 Å². The van der Waals surface area contributed by atoms with Gasteiger partial charge in [-0.2, -0.15) is 0 Å². The van der Waals surface area contributed by atoms with Gasteiger partial charge in [-0.15, -0.1) is 0 Å². The molecule has 0 spiro atoms. The highest BCUT2D eigenvalue weighted by atomic mass is 35.5. The van der Waals surface area contributed by atoms with E-state index in [1.54, 1.807) is 0 Å². The molecule has 0 bridgehead atoms. The first-order chi connectivity index (χ1) is 8.15. The van der Waals surface area contributed by atoms with E-state index in [0.29, 0.717) is 6.54 Å². The summed E-state index contributed by atoms with van der Waals surface area (Å²) in [5, 5.41) is 4.24. The topological polar surface area (TPSA) is 47.3 Å². The predicted molar refractivity (Wildman–Crippen MR) is 71.5 cm³/mol. The molecule has 1 saturated heterocycles. The minimum Gasteiger partial charge on any atom is -0.378 e. The number of rotatable bonds is 3. The van der Waals surface area contributed by atoms with Gasteiger partial charge in [-0.1, -0.05) is 23.7 Å².